The maximum absolute atomic E-state index is 11.9. The molecule has 0 atom stereocenters. The van der Waals surface area contributed by atoms with Crippen LogP contribution in [-0.2, 0) is 11.8 Å². The summed E-state index contributed by atoms with van der Waals surface area (Å²) in [5.74, 6) is -0.212. The first kappa shape index (κ1) is 14.7. The number of hydrogen-bond donors (Lipinski definition) is 2. The summed E-state index contributed by atoms with van der Waals surface area (Å²) >= 11 is 0. The molecule has 110 valence electrons. The normalized spacial score (nSPS) is 10.2. The Morgan fingerprint density at radius 1 is 1.24 bits per heavy atom. The predicted octanol–water partition coefficient (Wildman–Crippen LogP) is 0.800. The summed E-state index contributed by atoms with van der Waals surface area (Å²) in [6.07, 6.45) is 0. The summed E-state index contributed by atoms with van der Waals surface area (Å²) in [6, 6.07) is 6.99. The standard InChI is InChI=1S/C14H17N5O2/c1-9-5-4-6-12(16-9)17-13(20)8-15-14(21)11-7-10(2)18-19(11)3/h4-7H,8H2,1-3H3,(H,15,21)(H,16,17,20). The van der Waals surface area contributed by atoms with E-state index in [1.807, 2.05) is 13.0 Å². The van der Waals surface area contributed by atoms with Crippen molar-refractivity contribution >= 4 is 17.6 Å². The summed E-state index contributed by atoms with van der Waals surface area (Å²) in [5.41, 5.74) is 1.97. The van der Waals surface area contributed by atoms with Crippen molar-refractivity contribution in [2.45, 2.75) is 13.8 Å². The van der Waals surface area contributed by atoms with E-state index in [-0.39, 0.29) is 18.4 Å². The first-order valence-corrected chi connectivity index (χ1v) is 6.48. The first-order valence-electron chi connectivity index (χ1n) is 6.48. The highest BCUT2D eigenvalue weighted by Gasteiger charge is 2.13. The zero-order valence-corrected chi connectivity index (χ0v) is 12.2. The summed E-state index contributed by atoms with van der Waals surface area (Å²) in [7, 11) is 1.68. The van der Waals surface area contributed by atoms with Gasteiger partial charge in [-0.1, -0.05) is 6.07 Å². The largest absolute Gasteiger partial charge is 0.342 e. The fourth-order valence-corrected chi connectivity index (χ4v) is 1.87. The van der Waals surface area contributed by atoms with Crippen LogP contribution in [0, 0.1) is 13.8 Å². The van der Waals surface area contributed by atoms with Crippen molar-refractivity contribution in [2.75, 3.05) is 11.9 Å². The van der Waals surface area contributed by atoms with E-state index >= 15 is 0 Å². The van der Waals surface area contributed by atoms with E-state index in [9.17, 15) is 9.59 Å². The van der Waals surface area contributed by atoms with Gasteiger partial charge in [-0.25, -0.2) is 4.98 Å². The number of nitrogens with zero attached hydrogens (tertiary/aromatic N) is 3. The number of anilines is 1. The van der Waals surface area contributed by atoms with Crippen molar-refractivity contribution in [3.8, 4) is 0 Å². The molecule has 2 aromatic rings. The van der Waals surface area contributed by atoms with Gasteiger partial charge in [0.25, 0.3) is 5.91 Å². The second-order valence-electron chi connectivity index (χ2n) is 4.69. The molecule has 2 N–H and O–H groups in total. The number of rotatable bonds is 4. The van der Waals surface area contributed by atoms with Crippen molar-refractivity contribution in [3.63, 3.8) is 0 Å². The van der Waals surface area contributed by atoms with Crippen molar-refractivity contribution in [1.82, 2.24) is 20.1 Å². The third kappa shape index (κ3) is 3.88. The summed E-state index contributed by atoms with van der Waals surface area (Å²) in [6.45, 7) is 3.51. The molecule has 21 heavy (non-hydrogen) atoms. The minimum absolute atomic E-state index is 0.126. The lowest BCUT2D eigenvalue weighted by Crippen LogP contribution is -2.34. The Kier molecular flexibility index (Phi) is 4.32. The van der Waals surface area contributed by atoms with Crippen LogP contribution in [0.5, 0.6) is 0 Å². The van der Waals surface area contributed by atoms with Crippen LogP contribution in [0.1, 0.15) is 21.9 Å². The molecule has 0 spiro atoms. The van der Waals surface area contributed by atoms with Gasteiger partial charge < -0.3 is 10.6 Å². The summed E-state index contributed by atoms with van der Waals surface area (Å²) < 4.78 is 1.48. The van der Waals surface area contributed by atoms with Crippen LogP contribution in [0.3, 0.4) is 0 Å². The molecular weight excluding hydrogens is 270 g/mol. The number of amides is 2. The Morgan fingerprint density at radius 2 is 2.00 bits per heavy atom. The highest BCUT2D eigenvalue weighted by atomic mass is 16.2. The van der Waals surface area contributed by atoms with E-state index in [0.29, 0.717) is 11.5 Å². The van der Waals surface area contributed by atoms with E-state index in [2.05, 4.69) is 20.7 Å². The quantitative estimate of drug-likeness (QED) is 0.870. The molecule has 2 heterocycles. The number of aryl methyl sites for hydroxylation is 3. The fraction of sp³-hybridized carbons (Fsp3) is 0.286. The van der Waals surface area contributed by atoms with Crippen LogP contribution in [0.15, 0.2) is 24.3 Å². The van der Waals surface area contributed by atoms with Crippen LogP contribution >= 0.6 is 0 Å². The van der Waals surface area contributed by atoms with Crippen molar-refractivity contribution in [3.05, 3.63) is 41.3 Å². The lowest BCUT2D eigenvalue weighted by molar-refractivity contribution is -0.115. The topological polar surface area (TPSA) is 88.9 Å². The second-order valence-corrected chi connectivity index (χ2v) is 4.69. The molecule has 0 aliphatic heterocycles. The molecule has 0 aliphatic rings. The minimum Gasteiger partial charge on any atom is -0.342 e. The van der Waals surface area contributed by atoms with Crippen LogP contribution in [0.4, 0.5) is 5.82 Å². The molecule has 0 unspecified atom stereocenters. The molecule has 7 nitrogen and oxygen atoms in total. The lowest BCUT2D eigenvalue weighted by Gasteiger charge is -2.07. The fourth-order valence-electron chi connectivity index (χ4n) is 1.87. The van der Waals surface area contributed by atoms with Gasteiger partial charge in [0.15, 0.2) is 0 Å². The second kappa shape index (κ2) is 6.17. The molecule has 2 amide bonds. The van der Waals surface area contributed by atoms with Crippen LogP contribution in [-0.4, -0.2) is 33.1 Å². The number of nitrogens with one attached hydrogen (secondary N) is 2. The number of carbonyl (C=O) groups is 2. The van der Waals surface area contributed by atoms with Crippen molar-refractivity contribution < 1.29 is 9.59 Å². The Bertz CT molecular complexity index is 678. The monoisotopic (exact) mass is 287 g/mol. The van der Waals surface area contributed by atoms with Gasteiger partial charge in [0.1, 0.15) is 11.5 Å². The highest BCUT2D eigenvalue weighted by Crippen LogP contribution is 2.04. The molecule has 0 fully saturated rings. The molecular formula is C14H17N5O2. The first-order chi connectivity index (χ1) is 9.95. The van der Waals surface area contributed by atoms with Crippen molar-refractivity contribution in [1.29, 1.82) is 0 Å². The average Bonchev–Trinajstić information content (AvgIpc) is 2.75. The van der Waals surface area contributed by atoms with E-state index in [1.54, 1.807) is 32.2 Å². The summed E-state index contributed by atoms with van der Waals surface area (Å²) in [4.78, 5) is 27.8. The van der Waals surface area contributed by atoms with Gasteiger partial charge in [0.05, 0.1) is 12.2 Å². The van der Waals surface area contributed by atoms with E-state index in [1.165, 1.54) is 4.68 Å². The van der Waals surface area contributed by atoms with Crippen LogP contribution in [0.25, 0.3) is 0 Å². The van der Waals surface area contributed by atoms with Gasteiger partial charge in [-0.3, -0.25) is 14.3 Å². The molecule has 0 bridgehead atoms. The summed E-state index contributed by atoms with van der Waals surface area (Å²) in [5, 5.41) is 9.25. The average molecular weight is 287 g/mol. The molecule has 0 saturated carbocycles. The Hall–Kier alpha value is -2.70. The third-order valence-corrected chi connectivity index (χ3v) is 2.80. The van der Waals surface area contributed by atoms with Gasteiger partial charge in [-0.2, -0.15) is 5.10 Å². The SMILES string of the molecule is Cc1cccc(NC(=O)CNC(=O)c2cc(C)nn2C)n1. The zero-order chi connectivity index (χ0) is 15.4. The third-order valence-electron chi connectivity index (χ3n) is 2.80. The predicted molar refractivity (Wildman–Crippen MR) is 77.9 cm³/mol. The van der Waals surface area contributed by atoms with Crippen LogP contribution in [0.2, 0.25) is 0 Å². The maximum Gasteiger partial charge on any atom is 0.269 e. The molecule has 0 aromatic carbocycles. The Labute approximate surface area is 122 Å². The molecule has 0 radical (unpaired) electrons. The van der Waals surface area contributed by atoms with Gasteiger partial charge in [0.2, 0.25) is 5.91 Å². The van der Waals surface area contributed by atoms with E-state index in [4.69, 9.17) is 0 Å². The zero-order valence-electron chi connectivity index (χ0n) is 12.2. The molecule has 0 saturated heterocycles. The number of pyridine rings is 1. The highest BCUT2D eigenvalue weighted by molar-refractivity contribution is 5.98. The van der Waals surface area contributed by atoms with Crippen molar-refractivity contribution in [2.24, 2.45) is 7.05 Å². The van der Waals surface area contributed by atoms with Gasteiger partial charge in [0, 0.05) is 12.7 Å². The molecule has 0 aliphatic carbocycles. The Balaban J connectivity index is 1.89. The van der Waals surface area contributed by atoms with Gasteiger partial charge >= 0.3 is 0 Å². The number of aromatic nitrogens is 3. The molecule has 2 aromatic heterocycles. The molecule has 2 rings (SSSR count). The van der Waals surface area contributed by atoms with Gasteiger partial charge in [-0.15, -0.1) is 0 Å². The maximum atomic E-state index is 11.9. The van der Waals surface area contributed by atoms with E-state index in [0.717, 1.165) is 11.4 Å². The number of carbonyl (C=O) groups excluding carboxylic acids is 2. The smallest absolute Gasteiger partial charge is 0.269 e. The minimum atomic E-state index is -0.342. The van der Waals surface area contributed by atoms with E-state index < -0.39 is 0 Å². The lowest BCUT2D eigenvalue weighted by atomic mass is 10.3. The Morgan fingerprint density at radius 3 is 2.62 bits per heavy atom. The van der Waals surface area contributed by atoms with Crippen LogP contribution < -0.4 is 10.6 Å². The van der Waals surface area contributed by atoms with Gasteiger partial charge in [-0.05, 0) is 32.0 Å². The molecule has 7 heteroatoms. The number of hydrogen-bond acceptors (Lipinski definition) is 4.